The zero-order valence-corrected chi connectivity index (χ0v) is 10.9. The summed E-state index contributed by atoms with van der Waals surface area (Å²) in [6.07, 6.45) is 2.88. The fourth-order valence-corrected chi connectivity index (χ4v) is 2.35. The van der Waals surface area contributed by atoms with Gasteiger partial charge in [-0.05, 0) is 38.1 Å². The smallest absolute Gasteiger partial charge is 0.306 e. The van der Waals surface area contributed by atoms with Crippen LogP contribution in [-0.2, 0) is 11.3 Å². The molecule has 106 valence electrons. The van der Waals surface area contributed by atoms with Crippen molar-refractivity contribution in [2.24, 2.45) is 5.92 Å². The molecule has 3 rings (SSSR count). The summed E-state index contributed by atoms with van der Waals surface area (Å²) in [7, 11) is 0. The number of furan rings is 1. The van der Waals surface area contributed by atoms with Gasteiger partial charge in [-0.3, -0.25) is 9.69 Å². The fourth-order valence-electron chi connectivity index (χ4n) is 2.35. The Morgan fingerprint density at radius 1 is 1.45 bits per heavy atom. The Morgan fingerprint density at radius 2 is 2.25 bits per heavy atom. The second-order valence-corrected chi connectivity index (χ2v) is 4.88. The Kier molecular flexibility index (Phi) is 3.51. The van der Waals surface area contributed by atoms with Crippen LogP contribution >= 0.6 is 0 Å². The van der Waals surface area contributed by atoms with E-state index in [0.717, 1.165) is 13.1 Å². The number of carboxylic acids is 1. The van der Waals surface area contributed by atoms with Gasteiger partial charge in [0.05, 0.1) is 18.7 Å². The first-order chi connectivity index (χ1) is 9.72. The van der Waals surface area contributed by atoms with Crippen molar-refractivity contribution in [3.63, 3.8) is 0 Å². The maximum Gasteiger partial charge on any atom is 0.306 e. The van der Waals surface area contributed by atoms with Gasteiger partial charge in [0, 0.05) is 0 Å². The van der Waals surface area contributed by atoms with Gasteiger partial charge < -0.3 is 14.0 Å². The number of aromatic nitrogens is 2. The second-order valence-electron chi connectivity index (χ2n) is 4.88. The van der Waals surface area contributed by atoms with Crippen molar-refractivity contribution in [2.75, 3.05) is 13.1 Å². The molecule has 0 unspecified atom stereocenters. The highest BCUT2D eigenvalue weighted by Crippen LogP contribution is 2.20. The summed E-state index contributed by atoms with van der Waals surface area (Å²) in [4.78, 5) is 17.3. The lowest BCUT2D eigenvalue weighted by atomic mass is 9.97. The largest absolute Gasteiger partial charge is 0.481 e. The summed E-state index contributed by atoms with van der Waals surface area (Å²) in [5.74, 6) is 0.593. The first-order valence-corrected chi connectivity index (χ1v) is 6.54. The van der Waals surface area contributed by atoms with Crippen LogP contribution in [0.2, 0.25) is 0 Å². The lowest BCUT2D eigenvalue weighted by Crippen LogP contribution is -2.35. The third-order valence-electron chi connectivity index (χ3n) is 3.51. The van der Waals surface area contributed by atoms with E-state index in [9.17, 15) is 4.79 Å². The highest BCUT2D eigenvalue weighted by Gasteiger charge is 2.25. The van der Waals surface area contributed by atoms with Gasteiger partial charge in [-0.15, -0.1) is 0 Å². The van der Waals surface area contributed by atoms with Crippen LogP contribution in [0.25, 0.3) is 11.6 Å². The minimum absolute atomic E-state index is 0.229. The summed E-state index contributed by atoms with van der Waals surface area (Å²) in [6.45, 7) is 2.00. The van der Waals surface area contributed by atoms with Gasteiger partial charge in [0.2, 0.25) is 11.7 Å². The summed E-state index contributed by atoms with van der Waals surface area (Å²) < 4.78 is 10.4. The minimum atomic E-state index is -0.706. The molecule has 0 spiro atoms. The van der Waals surface area contributed by atoms with E-state index in [1.165, 1.54) is 0 Å². The molecule has 0 aromatic carbocycles. The van der Waals surface area contributed by atoms with E-state index < -0.39 is 5.97 Å². The quantitative estimate of drug-likeness (QED) is 0.907. The van der Waals surface area contributed by atoms with Crippen LogP contribution in [0.15, 0.2) is 27.3 Å². The van der Waals surface area contributed by atoms with Crippen molar-refractivity contribution in [2.45, 2.75) is 19.4 Å². The van der Waals surface area contributed by atoms with Crippen LogP contribution in [0.1, 0.15) is 18.7 Å². The van der Waals surface area contributed by atoms with Crippen LogP contribution in [0, 0.1) is 5.92 Å². The average Bonchev–Trinajstić information content (AvgIpc) is 3.09. The van der Waals surface area contributed by atoms with E-state index in [0.29, 0.717) is 36.9 Å². The Hall–Kier alpha value is -2.15. The molecule has 0 bridgehead atoms. The molecule has 1 aliphatic rings. The normalized spacial score (nSPS) is 17.4. The average molecular weight is 277 g/mol. The number of rotatable bonds is 4. The lowest BCUT2D eigenvalue weighted by Gasteiger charge is -2.28. The van der Waals surface area contributed by atoms with Gasteiger partial charge in [0.25, 0.3) is 0 Å². The van der Waals surface area contributed by atoms with E-state index in [1.54, 1.807) is 18.4 Å². The maximum atomic E-state index is 10.9. The van der Waals surface area contributed by atoms with Crippen molar-refractivity contribution in [1.82, 2.24) is 15.0 Å². The fraction of sp³-hybridized carbons (Fsp3) is 0.462. The third kappa shape index (κ3) is 2.72. The second kappa shape index (κ2) is 5.46. The monoisotopic (exact) mass is 277 g/mol. The van der Waals surface area contributed by atoms with E-state index in [-0.39, 0.29) is 5.92 Å². The van der Waals surface area contributed by atoms with Crippen molar-refractivity contribution in [3.8, 4) is 11.6 Å². The Balaban J connectivity index is 1.58. The molecule has 20 heavy (non-hydrogen) atoms. The molecule has 0 saturated carbocycles. The molecule has 7 heteroatoms. The zero-order chi connectivity index (χ0) is 13.9. The van der Waals surface area contributed by atoms with E-state index in [4.69, 9.17) is 14.0 Å². The van der Waals surface area contributed by atoms with Crippen molar-refractivity contribution in [3.05, 3.63) is 24.3 Å². The molecule has 1 aliphatic heterocycles. The van der Waals surface area contributed by atoms with Gasteiger partial charge >= 0.3 is 5.97 Å². The lowest BCUT2D eigenvalue weighted by molar-refractivity contribution is -0.143. The molecular weight excluding hydrogens is 262 g/mol. The molecule has 1 saturated heterocycles. The van der Waals surface area contributed by atoms with Crippen LogP contribution in [0.5, 0.6) is 0 Å². The Labute approximate surface area is 115 Å². The SMILES string of the molecule is O=C(O)C1CCN(Cc2nc(-c3ccco3)no2)CC1. The van der Waals surface area contributed by atoms with E-state index >= 15 is 0 Å². The summed E-state index contributed by atoms with van der Waals surface area (Å²) in [5.41, 5.74) is 0. The highest BCUT2D eigenvalue weighted by atomic mass is 16.5. The topological polar surface area (TPSA) is 92.6 Å². The van der Waals surface area contributed by atoms with Gasteiger partial charge in [-0.25, -0.2) is 0 Å². The predicted octanol–water partition coefficient (Wildman–Crippen LogP) is 1.63. The van der Waals surface area contributed by atoms with Crippen molar-refractivity contribution < 1.29 is 18.8 Å². The number of carbonyl (C=O) groups is 1. The van der Waals surface area contributed by atoms with Crippen LogP contribution in [-0.4, -0.2) is 39.2 Å². The predicted molar refractivity (Wildman–Crippen MR) is 67.6 cm³/mol. The number of aliphatic carboxylic acids is 1. The third-order valence-corrected chi connectivity index (χ3v) is 3.51. The Bertz CT molecular complexity index is 570. The standard InChI is InChI=1S/C13H15N3O4/c17-13(18)9-3-5-16(6-4-9)8-11-14-12(15-20-11)10-2-1-7-19-10/h1-2,7,9H,3-6,8H2,(H,17,18). The molecule has 1 fully saturated rings. The van der Waals surface area contributed by atoms with Crippen molar-refractivity contribution in [1.29, 1.82) is 0 Å². The molecule has 2 aromatic heterocycles. The molecule has 0 atom stereocenters. The highest BCUT2D eigenvalue weighted by molar-refractivity contribution is 5.70. The number of likely N-dealkylation sites (tertiary alicyclic amines) is 1. The molecule has 1 N–H and O–H groups in total. The number of hydrogen-bond donors (Lipinski definition) is 1. The first kappa shape index (κ1) is 12.9. The minimum Gasteiger partial charge on any atom is -0.481 e. The van der Waals surface area contributed by atoms with Crippen LogP contribution in [0.4, 0.5) is 0 Å². The molecular formula is C13H15N3O4. The Morgan fingerprint density at radius 3 is 2.90 bits per heavy atom. The molecule has 7 nitrogen and oxygen atoms in total. The molecule has 0 aliphatic carbocycles. The van der Waals surface area contributed by atoms with Gasteiger partial charge in [-0.2, -0.15) is 4.98 Å². The van der Waals surface area contributed by atoms with Crippen molar-refractivity contribution >= 4 is 5.97 Å². The summed E-state index contributed by atoms with van der Waals surface area (Å²) >= 11 is 0. The molecule has 0 amide bonds. The molecule has 0 radical (unpaired) electrons. The number of carboxylic acid groups (broad SMARTS) is 1. The van der Waals surface area contributed by atoms with Gasteiger partial charge in [0.15, 0.2) is 5.76 Å². The number of nitrogens with zero attached hydrogens (tertiary/aromatic N) is 3. The van der Waals surface area contributed by atoms with Gasteiger partial charge in [0.1, 0.15) is 0 Å². The molecule has 2 aromatic rings. The van der Waals surface area contributed by atoms with E-state index in [1.807, 2.05) is 0 Å². The summed E-state index contributed by atoms with van der Waals surface area (Å²) in [6, 6.07) is 3.54. The van der Waals surface area contributed by atoms with Crippen LogP contribution in [0.3, 0.4) is 0 Å². The number of piperidine rings is 1. The molecule has 3 heterocycles. The number of hydrogen-bond acceptors (Lipinski definition) is 6. The maximum absolute atomic E-state index is 10.9. The first-order valence-electron chi connectivity index (χ1n) is 6.54. The van der Waals surface area contributed by atoms with Gasteiger partial charge in [-0.1, -0.05) is 5.16 Å². The van der Waals surface area contributed by atoms with Crippen LogP contribution < -0.4 is 0 Å². The summed E-state index contributed by atoms with van der Waals surface area (Å²) in [5, 5.41) is 12.8. The van der Waals surface area contributed by atoms with E-state index in [2.05, 4.69) is 15.0 Å². The zero-order valence-electron chi connectivity index (χ0n) is 10.9.